The molecule has 0 spiro atoms. The molecule has 9 heteroatoms. The molecule has 0 unspecified atom stereocenters. The molecule has 3 aromatic heterocycles. The number of rotatable bonds is 3. The van der Waals surface area contributed by atoms with Crippen LogP contribution in [0.15, 0.2) is 12.3 Å². The van der Waals surface area contributed by atoms with Crippen molar-refractivity contribution in [1.82, 2.24) is 19.7 Å². The molecule has 0 fully saturated rings. The Hall–Kier alpha value is -2.19. The maximum absolute atomic E-state index is 11.6. The van der Waals surface area contributed by atoms with Crippen LogP contribution in [-0.4, -0.2) is 32.8 Å². The monoisotopic (exact) mass is 337 g/mol. The molecular formula is C13H12ClN5O2S. The highest BCUT2D eigenvalue weighted by atomic mass is 35.5. The van der Waals surface area contributed by atoms with Crippen molar-refractivity contribution >= 4 is 50.8 Å². The number of esters is 1. The Balaban J connectivity index is 2.00. The predicted octanol–water partition coefficient (Wildman–Crippen LogP) is 2.92. The summed E-state index contributed by atoms with van der Waals surface area (Å²) in [7, 11) is 3.13. The van der Waals surface area contributed by atoms with Gasteiger partial charge in [0.05, 0.1) is 17.5 Å². The van der Waals surface area contributed by atoms with Crippen LogP contribution in [0, 0.1) is 6.92 Å². The number of thiophene rings is 1. The summed E-state index contributed by atoms with van der Waals surface area (Å²) in [6.07, 6.45) is 1.62. The second kappa shape index (κ2) is 5.54. The Kier molecular flexibility index (Phi) is 3.71. The lowest BCUT2D eigenvalue weighted by Gasteiger charge is -2.01. The van der Waals surface area contributed by atoms with Crippen LogP contribution in [0.1, 0.15) is 15.2 Å². The highest BCUT2D eigenvalue weighted by Crippen LogP contribution is 2.32. The van der Waals surface area contributed by atoms with Crippen LogP contribution in [0.3, 0.4) is 0 Å². The minimum atomic E-state index is -0.359. The second-order valence-electron chi connectivity index (χ2n) is 4.59. The lowest BCUT2D eigenvalue weighted by atomic mass is 10.3. The summed E-state index contributed by atoms with van der Waals surface area (Å²) >= 11 is 7.11. The molecule has 0 amide bonds. The number of fused-ring (bicyclic) bond motifs is 1. The van der Waals surface area contributed by atoms with E-state index in [1.54, 1.807) is 24.0 Å². The van der Waals surface area contributed by atoms with Gasteiger partial charge >= 0.3 is 5.97 Å². The Labute approximate surface area is 134 Å². The van der Waals surface area contributed by atoms with E-state index in [1.165, 1.54) is 18.4 Å². The van der Waals surface area contributed by atoms with E-state index in [2.05, 4.69) is 20.4 Å². The molecule has 22 heavy (non-hydrogen) atoms. The van der Waals surface area contributed by atoms with Gasteiger partial charge in [-0.15, -0.1) is 11.3 Å². The summed E-state index contributed by atoms with van der Waals surface area (Å²) < 4.78 is 6.35. The van der Waals surface area contributed by atoms with E-state index < -0.39 is 0 Å². The van der Waals surface area contributed by atoms with Crippen molar-refractivity contribution in [1.29, 1.82) is 0 Å². The zero-order chi connectivity index (χ0) is 15.9. The number of nitrogens with one attached hydrogen (secondary N) is 1. The number of carbonyl (C=O) groups is 1. The fourth-order valence-electron chi connectivity index (χ4n) is 2.02. The third-order valence-electron chi connectivity index (χ3n) is 3.09. The molecule has 0 bridgehead atoms. The average molecular weight is 338 g/mol. The first-order chi connectivity index (χ1) is 10.5. The van der Waals surface area contributed by atoms with Crippen LogP contribution >= 0.6 is 22.9 Å². The van der Waals surface area contributed by atoms with Crippen LogP contribution in [0.5, 0.6) is 0 Å². The van der Waals surface area contributed by atoms with E-state index in [4.69, 9.17) is 16.3 Å². The van der Waals surface area contributed by atoms with Crippen LogP contribution in [0.25, 0.3) is 11.0 Å². The van der Waals surface area contributed by atoms with Crippen molar-refractivity contribution in [2.45, 2.75) is 6.92 Å². The maximum Gasteiger partial charge on any atom is 0.348 e. The zero-order valence-corrected chi connectivity index (χ0v) is 13.6. The summed E-state index contributed by atoms with van der Waals surface area (Å²) in [6.45, 7) is 1.91. The molecule has 7 nitrogen and oxygen atoms in total. The Morgan fingerprint density at radius 3 is 3.00 bits per heavy atom. The van der Waals surface area contributed by atoms with E-state index in [1.807, 2.05) is 6.92 Å². The molecule has 1 N–H and O–H groups in total. The molecule has 3 heterocycles. The topological polar surface area (TPSA) is 81.9 Å². The molecule has 0 saturated heterocycles. The largest absolute Gasteiger partial charge is 0.465 e. The van der Waals surface area contributed by atoms with Crippen molar-refractivity contribution in [3.05, 3.63) is 28.0 Å². The van der Waals surface area contributed by atoms with Crippen molar-refractivity contribution in [3.8, 4) is 0 Å². The number of aromatic nitrogens is 4. The lowest BCUT2D eigenvalue weighted by Crippen LogP contribution is -1.96. The number of hydrogen-bond acceptors (Lipinski definition) is 7. The van der Waals surface area contributed by atoms with E-state index in [0.29, 0.717) is 16.3 Å². The Morgan fingerprint density at radius 2 is 2.27 bits per heavy atom. The number of halogens is 1. The third kappa shape index (κ3) is 2.51. The summed E-state index contributed by atoms with van der Waals surface area (Å²) in [5.41, 5.74) is 1.56. The van der Waals surface area contributed by atoms with Gasteiger partial charge in [0.15, 0.2) is 11.5 Å². The van der Waals surface area contributed by atoms with Crippen molar-refractivity contribution in [3.63, 3.8) is 0 Å². The molecule has 0 aromatic carbocycles. The molecule has 3 rings (SSSR count). The molecule has 0 saturated carbocycles. The predicted molar refractivity (Wildman–Crippen MR) is 85.0 cm³/mol. The number of carbonyl (C=O) groups excluding carboxylic acids is 1. The van der Waals surface area contributed by atoms with Gasteiger partial charge in [-0.25, -0.2) is 14.5 Å². The highest BCUT2D eigenvalue weighted by molar-refractivity contribution is 7.18. The first kappa shape index (κ1) is 14.7. The number of nitrogens with zero attached hydrogens (tertiary/aromatic N) is 4. The minimum absolute atomic E-state index is 0.169. The molecule has 3 aromatic rings. The highest BCUT2D eigenvalue weighted by Gasteiger charge is 2.16. The maximum atomic E-state index is 11.6. The molecule has 0 atom stereocenters. The van der Waals surface area contributed by atoms with Crippen molar-refractivity contribution in [2.24, 2.45) is 7.05 Å². The zero-order valence-electron chi connectivity index (χ0n) is 12.0. The van der Waals surface area contributed by atoms with Crippen LogP contribution in [0.2, 0.25) is 5.28 Å². The second-order valence-corrected chi connectivity index (χ2v) is 5.98. The number of ether oxygens (including phenoxy) is 1. The Bertz CT molecular complexity index is 873. The van der Waals surface area contributed by atoms with Crippen LogP contribution in [-0.2, 0) is 11.8 Å². The molecule has 0 aliphatic heterocycles. The lowest BCUT2D eigenvalue weighted by molar-refractivity contribution is 0.0606. The average Bonchev–Trinajstić information content (AvgIpc) is 3.00. The van der Waals surface area contributed by atoms with Gasteiger partial charge in [-0.3, -0.25) is 0 Å². The summed E-state index contributed by atoms with van der Waals surface area (Å²) in [5, 5.41) is 9.32. The van der Waals surface area contributed by atoms with Gasteiger partial charge in [-0.05, 0) is 30.2 Å². The number of hydrogen-bond donors (Lipinski definition) is 1. The number of aryl methyl sites for hydroxylation is 2. The van der Waals surface area contributed by atoms with Gasteiger partial charge < -0.3 is 10.1 Å². The van der Waals surface area contributed by atoms with E-state index in [0.717, 1.165) is 16.0 Å². The van der Waals surface area contributed by atoms with Gasteiger partial charge in [-0.1, -0.05) is 0 Å². The van der Waals surface area contributed by atoms with Gasteiger partial charge in [0.2, 0.25) is 5.28 Å². The summed E-state index contributed by atoms with van der Waals surface area (Å²) in [5.74, 6) is 0.248. The molecular weight excluding hydrogens is 326 g/mol. The normalized spacial score (nSPS) is 10.9. The Morgan fingerprint density at radius 1 is 1.50 bits per heavy atom. The first-order valence-electron chi connectivity index (χ1n) is 6.30. The van der Waals surface area contributed by atoms with Crippen LogP contribution < -0.4 is 5.32 Å². The minimum Gasteiger partial charge on any atom is -0.465 e. The standard InChI is InChI=1S/C13H12ClN5O2S/c1-6-4-8(12(20)21-3)22-11(6)16-9-7-5-15-13(14)17-10(7)19(2)18-9/h4-5H,1-3H3,(H,16,18). The van der Waals surface area contributed by atoms with Crippen molar-refractivity contribution in [2.75, 3.05) is 12.4 Å². The smallest absolute Gasteiger partial charge is 0.348 e. The van der Waals surface area contributed by atoms with E-state index in [9.17, 15) is 4.79 Å². The van der Waals surface area contributed by atoms with Gasteiger partial charge in [0.1, 0.15) is 4.88 Å². The SMILES string of the molecule is COC(=O)c1cc(C)c(Nc2nn(C)c3nc(Cl)ncc23)s1. The fraction of sp³-hybridized carbons (Fsp3) is 0.231. The van der Waals surface area contributed by atoms with Gasteiger partial charge in [-0.2, -0.15) is 10.1 Å². The van der Waals surface area contributed by atoms with Crippen LogP contribution in [0.4, 0.5) is 10.8 Å². The summed E-state index contributed by atoms with van der Waals surface area (Å²) in [6, 6.07) is 1.78. The quantitative estimate of drug-likeness (QED) is 0.584. The van der Waals surface area contributed by atoms with E-state index >= 15 is 0 Å². The van der Waals surface area contributed by atoms with E-state index in [-0.39, 0.29) is 11.3 Å². The molecule has 0 aliphatic carbocycles. The summed E-state index contributed by atoms with van der Waals surface area (Å²) in [4.78, 5) is 20.3. The molecule has 0 radical (unpaired) electrons. The fourth-order valence-corrected chi connectivity index (χ4v) is 3.14. The molecule has 0 aliphatic rings. The third-order valence-corrected chi connectivity index (χ3v) is 4.40. The first-order valence-corrected chi connectivity index (χ1v) is 7.50. The van der Waals surface area contributed by atoms with Gasteiger partial charge in [0.25, 0.3) is 0 Å². The number of anilines is 2. The molecule has 114 valence electrons. The van der Waals surface area contributed by atoms with Crippen molar-refractivity contribution < 1.29 is 9.53 Å². The number of methoxy groups -OCH3 is 1. The van der Waals surface area contributed by atoms with Gasteiger partial charge in [0, 0.05) is 13.2 Å².